The molecule has 1 aromatic heterocycles. The predicted molar refractivity (Wildman–Crippen MR) is 113 cm³/mol. The van der Waals surface area contributed by atoms with Gasteiger partial charge in [0.1, 0.15) is 6.04 Å². The van der Waals surface area contributed by atoms with Crippen molar-refractivity contribution in [1.82, 2.24) is 15.0 Å². The van der Waals surface area contributed by atoms with E-state index in [2.05, 4.69) is 10.1 Å². The normalized spacial score (nSPS) is 17.4. The third kappa shape index (κ3) is 4.83. The lowest BCUT2D eigenvalue weighted by Gasteiger charge is -2.34. The zero-order valence-electron chi connectivity index (χ0n) is 16.1. The summed E-state index contributed by atoms with van der Waals surface area (Å²) >= 11 is 0. The first-order valence-electron chi connectivity index (χ1n) is 9.71. The summed E-state index contributed by atoms with van der Waals surface area (Å²) in [4.78, 5) is 19.4. The van der Waals surface area contributed by atoms with Crippen LogP contribution in [0.2, 0.25) is 0 Å². The number of piperidine rings is 1. The number of amides is 1. The van der Waals surface area contributed by atoms with Crippen LogP contribution in [0, 0.1) is 0 Å². The van der Waals surface area contributed by atoms with E-state index in [0.717, 1.165) is 30.4 Å². The van der Waals surface area contributed by atoms with Crippen LogP contribution in [0.5, 0.6) is 0 Å². The standard InChI is InChI=1S/C22H24N4O2.ClH/c23-18(16-9-3-1-4-10-16)15-20(27)26-14-8-7-13-19(26)22-24-21(25-28-22)17-11-5-2-6-12-17;/h1-6,9-12,18-19H,7-8,13-15,23H2;1H. The molecule has 2 heterocycles. The lowest BCUT2D eigenvalue weighted by atomic mass is 9.99. The number of benzene rings is 2. The molecule has 3 aromatic rings. The van der Waals surface area contributed by atoms with Gasteiger partial charge in [-0.05, 0) is 24.8 Å². The van der Waals surface area contributed by atoms with Gasteiger partial charge < -0.3 is 15.2 Å². The molecule has 1 aliphatic rings. The average Bonchev–Trinajstić information content (AvgIpc) is 3.25. The van der Waals surface area contributed by atoms with Gasteiger partial charge in [-0.15, -0.1) is 12.4 Å². The zero-order chi connectivity index (χ0) is 19.3. The van der Waals surface area contributed by atoms with Crippen molar-refractivity contribution < 1.29 is 9.32 Å². The molecule has 2 aromatic carbocycles. The number of hydrogen-bond donors (Lipinski definition) is 1. The Morgan fingerprint density at radius 2 is 1.79 bits per heavy atom. The highest BCUT2D eigenvalue weighted by molar-refractivity contribution is 5.85. The van der Waals surface area contributed by atoms with Crippen LogP contribution in [0.4, 0.5) is 0 Å². The predicted octanol–water partition coefficient (Wildman–Crippen LogP) is 4.30. The van der Waals surface area contributed by atoms with E-state index >= 15 is 0 Å². The van der Waals surface area contributed by atoms with Gasteiger partial charge in [0.25, 0.3) is 0 Å². The fourth-order valence-electron chi connectivity index (χ4n) is 3.69. The van der Waals surface area contributed by atoms with Gasteiger partial charge in [-0.3, -0.25) is 4.79 Å². The van der Waals surface area contributed by atoms with Crippen molar-refractivity contribution in [1.29, 1.82) is 0 Å². The summed E-state index contributed by atoms with van der Waals surface area (Å²) in [6, 6.07) is 18.9. The van der Waals surface area contributed by atoms with E-state index in [1.807, 2.05) is 65.6 Å². The minimum Gasteiger partial charge on any atom is -0.337 e. The van der Waals surface area contributed by atoms with Crippen LogP contribution in [-0.4, -0.2) is 27.5 Å². The molecule has 2 unspecified atom stereocenters. The van der Waals surface area contributed by atoms with E-state index in [0.29, 0.717) is 18.3 Å². The van der Waals surface area contributed by atoms with Crippen LogP contribution >= 0.6 is 12.4 Å². The van der Waals surface area contributed by atoms with Gasteiger partial charge in [0.05, 0.1) is 0 Å². The molecule has 1 saturated heterocycles. The number of aromatic nitrogens is 2. The average molecular weight is 413 g/mol. The van der Waals surface area contributed by atoms with Gasteiger partial charge >= 0.3 is 0 Å². The smallest absolute Gasteiger partial charge is 0.249 e. The van der Waals surface area contributed by atoms with Crippen molar-refractivity contribution in [2.75, 3.05) is 6.54 Å². The summed E-state index contributed by atoms with van der Waals surface area (Å²) < 4.78 is 5.54. The van der Waals surface area contributed by atoms with Gasteiger partial charge in [-0.1, -0.05) is 65.8 Å². The number of likely N-dealkylation sites (tertiary alicyclic amines) is 1. The maximum absolute atomic E-state index is 13.0. The summed E-state index contributed by atoms with van der Waals surface area (Å²) in [7, 11) is 0. The molecule has 2 N–H and O–H groups in total. The molecule has 2 atom stereocenters. The molecule has 0 saturated carbocycles. The molecule has 1 fully saturated rings. The summed E-state index contributed by atoms with van der Waals surface area (Å²) in [5, 5.41) is 4.12. The molecular weight excluding hydrogens is 388 g/mol. The highest BCUT2D eigenvalue weighted by Gasteiger charge is 2.32. The summed E-state index contributed by atoms with van der Waals surface area (Å²) in [6.45, 7) is 0.689. The molecule has 6 nitrogen and oxygen atoms in total. The summed E-state index contributed by atoms with van der Waals surface area (Å²) in [5.74, 6) is 1.08. The quantitative estimate of drug-likeness (QED) is 0.675. The maximum Gasteiger partial charge on any atom is 0.249 e. The Balaban J connectivity index is 0.00000240. The third-order valence-electron chi connectivity index (χ3n) is 5.20. The topological polar surface area (TPSA) is 85.3 Å². The van der Waals surface area contributed by atoms with E-state index in [-0.39, 0.29) is 36.8 Å². The van der Waals surface area contributed by atoms with Crippen LogP contribution in [0.1, 0.15) is 49.2 Å². The number of nitrogens with two attached hydrogens (primary N) is 1. The molecule has 29 heavy (non-hydrogen) atoms. The molecular formula is C22H25ClN4O2. The molecule has 1 aliphatic heterocycles. The van der Waals surface area contributed by atoms with Crippen LogP contribution in [-0.2, 0) is 4.79 Å². The van der Waals surface area contributed by atoms with Gasteiger partial charge in [-0.2, -0.15) is 4.98 Å². The lowest BCUT2D eigenvalue weighted by molar-refractivity contribution is -0.136. The fraction of sp³-hybridized carbons (Fsp3) is 0.318. The summed E-state index contributed by atoms with van der Waals surface area (Å²) in [5.41, 5.74) is 8.13. The minimum absolute atomic E-state index is 0. The number of halogens is 1. The second-order valence-electron chi connectivity index (χ2n) is 7.14. The SMILES string of the molecule is Cl.NC(CC(=O)N1CCCCC1c1nc(-c2ccccc2)no1)c1ccccc1. The number of rotatable bonds is 5. The van der Waals surface area contributed by atoms with Crippen LogP contribution in [0.25, 0.3) is 11.4 Å². The zero-order valence-corrected chi connectivity index (χ0v) is 16.9. The Kier molecular flexibility index (Phi) is 7.01. The second kappa shape index (κ2) is 9.67. The van der Waals surface area contributed by atoms with Gasteiger partial charge in [-0.25, -0.2) is 0 Å². The highest BCUT2D eigenvalue weighted by atomic mass is 35.5. The first kappa shape index (κ1) is 21.0. The highest BCUT2D eigenvalue weighted by Crippen LogP contribution is 2.32. The van der Waals surface area contributed by atoms with Crippen molar-refractivity contribution in [2.24, 2.45) is 5.73 Å². The molecule has 152 valence electrons. The molecule has 0 spiro atoms. The van der Waals surface area contributed by atoms with Crippen molar-refractivity contribution >= 4 is 18.3 Å². The van der Waals surface area contributed by atoms with Gasteiger partial charge in [0.15, 0.2) is 0 Å². The summed E-state index contributed by atoms with van der Waals surface area (Å²) in [6.07, 6.45) is 3.09. The Hall–Kier alpha value is -2.70. The number of hydrogen-bond acceptors (Lipinski definition) is 5. The van der Waals surface area contributed by atoms with E-state index in [4.69, 9.17) is 10.3 Å². The maximum atomic E-state index is 13.0. The Morgan fingerprint density at radius 1 is 1.10 bits per heavy atom. The monoisotopic (exact) mass is 412 g/mol. The van der Waals surface area contributed by atoms with E-state index in [9.17, 15) is 4.79 Å². The molecule has 4 rings (SSSR count). The molecule has 0 radical (unpaired) electrons. The van der Waals surface area contributed by atoms with E-state index in [1.165, 1.54) is 0 Å². The third-order valence-corrected chi connectivity index (χ3v) is 5.20. The van der Waals surface area contributed by atoms with Crippen molar-refractivity contribution in [3.63, 3.8) is 0 Å². The van der Waals surface area contributed by atoms with Crippen molar-refractivity contribution in [3.05, 3.63) is 72.1 Å². The van der Waals surface area contributed by atoms with Crippen molar-refractivity contribution in [2.45, 2.75) is 37.8 Å². The molecule has 0 bridgehead atoms. The lowest BCUT2D eigenvalue weighted by Crippen LogP contribution is -2.39. The number of nitrogens with zero attached hydrogens (tertiary/aromatic N) is 3. The fourth-order valence-corrected chi connectivity index (χ4v) is 3.69. The second-order valence-corrected chi connectivity index (χ2v) is 7.14. The van der Waals surface area contributed by atoms with Crippen LogP contribution in [0.3, 0.4) is 0 Å². The van der Waals surface area contributed by atoms with Crippen LogP contribution < -0.4 is 5.73 Å². The molecule has 7 heteroatoms. The first-order chi connectivity index (χ1) is 13.7. The number of carbonyl (C=O) groups is 1. The molecule has 1 amide bonds. The van der Waals surface area contributed by atoms with Crippen molar-refractivity contribution in [3.8, 4) is 11.4 Å². The molecule has 0 aliphatic carbocycles. The van der Waals surface area contributed by atoms with E-state index < -0.39 is 0 Å². The van der Waals surface area contributed by atoms with Gasteiger partial charge in [0.2, 0.25) is 17.6 Å². The Labute approximate surface area is 176 Å². The number of carbonyl (C=O) groups excluding carboxylic acids is 1. The Bertz CT molecular complexity index is 917. The van der Waals surface area contributed by atoms with Gasteiger partial charge in [0, 0.05) is 24.6 Å². The minimum atomic E-state index is -0.321. The van der Waals surface area contributed by atoms with E-state index in [1.54, 1.807) is 0 Å². The van der Waals surface area contributed by atoms with Crippen LogP contribution in [0.15, 0.2) is 65.2 Å². The first-order valence-corrected chi connectivity index (χ1v) is 9.71. The Morgan fingerprint density at radius 3 is 2.52 bits per heavy atom. The largest absolute Gasteiger partial charge is 0.337 e.